The van der Waals surface area contributed by atoms with Gasteiger partial charge in [-0.05, 0) is 33.7 Å². The first-order valence-corrected chi connectivity index (χ1v) is 8.15. The van der Waals surface area contributed by atoms with Crippen LogP contribution in [0.2, 0.25) is 0 Å². The fraction of sp³-hybridized carbons (Fsp3) is 0.611. The molecule has 0 saturated carbocycles. The van der Waals surface area contributed by atoms with Gasteiger partial charge >= 0.3 is 5.97 Å². The number of benzene rings is 1. The highest BCUT2D eigenvalue weighted by atomic mass is 16.7. The number of esters is 1. The van der Waals surface area contributed by atoms with Gasteiger partial charge in [0.15, 0.2) is 6.29 Å². The van der Waals surface area contributed by atoms with Gasteiger partial charge in [0.05, 0.1) is 18.6 Å². The number of rotatable bonds is 5. The molecule has 1 aliphatic heterocycles. The SMILES string of the molecule is CC(C)(C)OC(=O)C[C@H]1C[C@@H](CCN)O[C@H](c2ccccc2)O1. The van der Waals surface area contributed by atoms with Crippen molar-refractivity contribution in [3.8, 4) is 0 Å². The minimum atomic E-state index is -0.488. The summed E-state index contributed by atoms with van der Waals surface area (Å²) >= 11 is 0. The first-order chi connectivity index (χ1) is 10.9. The number of hydrogen-bond donors (Lipinski definition) is 1. The second-order valence-corrected chi connectivity index (χ2v) is 6.86. The van der Waals surface area contributed by atoms with Gasteiger partial charge in [0, 0.05) is 12.0 Å². The zero-order chi connectivity index (χ0) is 16.9. The number of nitrogens with two attached hydrogens (primary N) is 1. The van der Waals surface area contributed by atoms with E-state index in [0.29, 0.717) is 13.0 Å². The number of hydrogen-bond acceptors (Lipinski definition) is 5. The van der Waals surface area contributed by atoms with E-state index in [-0.39, 0.29) is 24.6 Å². The van der Waals surface area contributed by atoms with Crippen molar-refractivity contribution in [2.24, 2.45) is 5.73 Å². The van der Waals surface area contributed by atoms with Crippen LogP contribution in [0.15, 0.2) is 30.3 Å². The highest BCUT2D eigenvalue weighted by molar-refractivity contribution is 5.70. The maximum absolute atomic E-state index is 12.1. The van der Waals surface area contributed by atoms with Gasteiger partial charge in [0.1, 0.15) is 5.60 Å². The van der Waals surface area contributed by atoms with Crippen molar-refractivity contribution in [3.63, 3.8) is 0 Å². The Hall–Kier alpha value is -1.43. The molecule has 5 heteroatoms. The molecule has 1 heterocycles. The summed E-state index contributed by atoms with van der Waals surface area (Å²) in [5.41, 5.74) is 6.12. The van der Waals surface area contributed by atoms with Crippen LogP contribution >= 0.6 is 0 Å². The highest BCUT2D eigenvalue weighted by Crippen LogP contribution is 2.32. The van der Waals surface area contributed by atoms with Gasteiger partial charge in [-0.3, -0.25) is 4.79 Å². The van der Waals surface area contributed by atoms with Gasteiger partial charge in [-0.15, -0.1) is 0 Å². The van der Waals surface area contributed by atoms with Gasteiger partial charge in [-0.2, -0.15) is 0 Å². The highest BCUT2D eigenvalue weighted by Gasteiger charge is 2.33. The second-order valence-electron chi connectivity index (χ2n) is 6.86. The van der Waals surface area contributed by atoms with Crippen molar-refractivity contribution in [3.05, 3.63) is 35.9 Å². The van der Waals surface area contributed by atoms with Crippen LogP contribution in [-0.4, -0.2) is 30.3 Å². The fourth-order valence-corrected chi connectivity index (χ4v) is 2.63. The van der Waals surface area contributed by atoms with Gasteiger partial charge in [0.2, 0.25) is 0 Å². The standard InChI is InChI=1S/C18H27NO4/c1-18(2,3)23-16(20)12-15-11-14(9-10-19)21-17(22-15)13-7-5-4-6-8-13/h4-8,14-15,17H,9-12,19H2,1-3H3/t14-,15-,17+/m1/s1. The summed E-state index contributed by atoms with van der Waals surface area (Å²) in [5, 5.41) is 0. The third-order valence-electron chi connectivity index (χ3n) is 3.53. The lowest BCUT2D eigenvalue weighted by atomic mass is 10.0. The molecule has 0 bridgehead atoms. The zero-order valence-corrected chi connectivity index (χ0v) is 14.2. The molecule has 1 fully saturated rings. The van der Waals surface area contributed by atoms with Crippen LogP contribution in [0.1, 0.15) is 51.9 Å². The predicted octanol–water partition coefficient (Wildman–Crippen LogP) is 2.94. The lowest BCUT2D eigenvalue weighted by Gasteiger charge is -2.36. The molecule has 23 heavy (non-hydrogen) atoms. The van der Waals surface area contributed by atoms with E-state index in [1.54, 1.807) is 0 Å². The summed E-state index contributed by atoms with van der Waals surface area (Å²) in [6, 6.07) is 9.75. The van der Waals surface area contributed by atoms with E-state index < -0.39 is 11.9 Å². The summed E-state index contributed by atoms with van der Waals surface area (Å²) in [6.45, 7) is 6.13. The van der Waals surface area contributed by atoms with E-state index in [1.165, 1.54) is 0 Å². The Morgan fingerprint density at radius 2 is 1.87 bits per heavy atom. The molecule has 128 valence electrons. The molecule has 1 saturated heterocycles. The van der Waals surface area contributed by atoms with Crippen LogP contribution in [0.5, 0.6) is 0 Å². The Morgan fingerprint density at radius 1 is 1.22 bits per heavy atom. The first kappa shape index (κ1) is 17.9. The normalized spacial score (nSPS) is 25.1. The predicted molar refractivity (Wildman–Crippen MR) is 87.7 cm³/mol. The minimum Gasteiger partial charge on any atom is -0.460 e. The molecular weight excluding hydrogens is 294 g/mol. The molecule has 0 radical (unpaired) electrons. The average molecular weight is 321 g/mol. The molecule has 0 aliphatic carbocycles. The Kier molecular flexibility index (Phi) is 6.16. The van der Waals surface area contributed by atoms with E-state index in [9.17, 15) is 4.79 Å². The largest absolute Gasteiger partial charge is 0.460 e. The average Bonchev–Trinajstić information content (AvgIpc) is 2.46. The maximum atomic E-state index is 12.1. The molecule has 1 aliphatic rings. The Labute approximate surface area is 138 Å². The van der Waals surface area contributed by atoms with Crippen molar-refractivity contribution in [1.29, 1.82) is 0 Å². The Balaban J connectivity index is 2.02. The number of carbonyl (C=O) groups excluding carboxylic acids is 1. The van der Waals surface area contributed by atoms with E-state index in [1.807, 2.05) is 51.1 Å². The molecule has 1 aromatic carbocycles. The third kappa shape index (κ3) is 5.94. The smallest absolute Gasteiger partial charge is 0.308 e. The third-order valence-corrected chi connectivity index (χ3v) is 3.53. The molecule has 1 aromatic rings. The summed E-state index contributed by atoms with van der Waals surface area (Å²) in [7, 11) is 0. The van der Waals surface area contributed by atoms with Gasteiger partial charge in [0.25, 0.3) is 0 Å². The summed E-state index contributed by atoms with van der Waals surface area (Å²) in [6.07, 6.45) is 0.933. The molecular formula is C18H27NO4. The van der Waals surface area contributed by atoms with Crippen LogP contribution in [-0.2, 0) is 19.0 Å². The van der Waals surface area contributed by atoms with Crippen molar-refractivity contribution >= 4 is 5.97 Å². The van der Waals surface area contributed by atoms with E-state index >= 15 is 0 Å². The molecule has 0 spiro atoms. The molecule has 0 unspecified atom stereocenters. The van der Waals surface area contributed by atoms with Crippen molar-refractivity contribution in [1.82, 2.24) is 0 Å². The van der Waals surface area contributed by atoms with E-state index in [2.05, 4.69) is 0 Å². The fourth-order valence-electron chi connectivity index (χ4n) is 2.63. The van der Waals surface area contributed by atoms with Crippen molar-refractivity contribution < 1.29 is 19.0 Å². The molecule has 2 rings (SSSR count). The van der Waals surface area contributed by atoms with Gasteiger partial charge in [-0.25, -0.2) is 0 Å². The Morgan fingerprint density at radius 3 is 2.48 bits per heavy atom. The molecule has 2 N–H and O–H groups in total. The molecule has 0 aromatic heterocycles. The molecule has 5 nitrogen and oxygen atoms in total. The van der Waals surface area contributed by atoms with E-state index in [4.69, 9.17) is 19.9 Å². The van der Waals surface area contributed by atoms with Gasteiger partial charge in [-0.1, -0.05) is 30.3 Å². The van der Waals surface area contributed by atoms with Crippen LogP contribution in [0.3, 0.4) is 0 Å². The lowest BCUT2D eigenvalue weighted by Crippen LogP contribution is -2.37. The number of ether oxygens (including phenoxy) is 3. The minimum absolute atomic E-state index is 0.00797. The summed E-state index contributed by atoms with van der Waals surface area (Å²) < 4.78 is 17.3. The monoisotopic (exact) mass is 321 g/mol. The lowest BCUT2D eigenvalue weighted by molar-refractivity contribution is -0.250. The van der Waals surface area contributed by atoms with Crippen LogP contribution in [0.25, 0.3) is 0 Å². The van der Waals surface area contributed by atoms with Crippen LogP contribution < -0.4 is 5.73 Å². The van der Waals surface area contributed by atoms with E-state index in [0.717, 1.165) is 12.0 Å². The first-order valence-electron chi connectivity index (χ1n) is 8.15. The summed E-state index contributed by atoms with van der Waals surface area (Å²) in [5.74, 6) is -0.247. The topological polar surface area (TPSA) is 70.8 Å². The van der Waals surface area contributed by atoms with Crippen LogP contribution in [0, 0.1) is 0 Å². The van der Waals surface area contributed by atoms with Gasteiger partial charge < -0.3 is 19.9 Å². The molecule has 3 atom stereocenters. The summed E-state index contributed by atoms with van der Waals surface area (Å²) in [4.78, 5) is 12.1. The molecule has 0 amide bonds. The maximum Gasteiger partial charge on any atom is 0.308 e. The van der Waals surface area contributed by atoms with Crippen LogP contribution in [0.4, 0.5) is 0 Å². The quantitative estimate of drug-likeness (QED) is 0.844. The number of carbonyl (C=O) groups is 1. The van der Waals surface area contributed by atoms with Crippen molar-refractivity contribution in [2.75, 3.05) is 6.54 Å². The Bertz CT molecular complexity index is 497. The second kappa shape index (κ2) is 7.90. The van der Waals surface area contributed by atoms with Crippen molar-refractivity contribution in [2.45, 2.75) is 64.1 Å². The zero-order valence-electron chi connectivity index (χ0n) is 14.2.